The van der Waals surface area contributed by atoms with E-state index < -0.39 is 6.04 Å². The van der Waals surface area contributed by atoms with Crippen LogP contribution in [0, 0.1) is 18.2 Å². The number of likely N-dealkylation sites (tertiary alicyclic amines) is 1. The molecule has 2 amide bonds. The summed E-state index contributed by atoms with van der Waals surface area (Å²) in [6.45, 7) is 12.6. The van der Waals surface area contributed by atoms with Crippen LogP contribution in [-0.4, -0.2) is 51.1 Å². The van der Waals surface area contributed by atoms with E-state index in [1.807, 2.05) is 31.7 Å². The molecule has 2 aromatic rings. The summed E-state index contributed by atoms with van der Waals surface area (Å²) in [5, 5.41) is 2.86. The van der Waals surface area contributed by atoms with E-state index in [0.717, 1.165) is 24.8 Å². The van der Waals surface area contributed by atoms with E-state index >= 15 is 0 Å². The summed E-state index contributed by atoms with van der Waals surface area (Å²) in [5.74, 6) is -0.619. The molecule has 1 fully saturated rings. The summed E-state index contributed by atoms with van der Waals surface area (Å²) in [7, 11) is 0. The first-order valence-corrected chi connectivity index (χ1v) is 13.8. The van der Waals surface area contributed by atoms with Crippen LogP contribution in [0.5, 0.6) is 0 Å². The van der Waals surface area contributed by atoms with Crippen molar-refractivity contribution in [3.63, 3.8) is 0 Å². The minimum atomic E-state index is -0.893. The van der Waals surface area contributed by atoms with Gasteiger partial charge >= 0.3 is 0 Å². The molecule has 1 aromatic carbocycles. The van der Waals surface area contributed by atoms with Crippen LogP contribution in [0.1, 0.15) is 96.9 Å². The molecule has 0 aliphatic carbocycles. The van der Waals surface area contributed by atoms with E-state index in [4.69, 9.17) is 0 Å². The number of amides is 2. The van der Waals surface area contributed by atoms with Crippen LogP contribution in [0.25, 0.3) is 11.3 Å². The number of aromatic amines is 1. The molecule has 8 heteroatoms. The van der Waals surface area contributed by atoms with Gasteiger partial charge in [0.1, 0.15) is 11.6 Å². The quantitative estimate of drug-likeness (QED) is 0.416. The number of aryl methyl sites for hydroxylation is 1. The summed E-state index contributed by atoms with van der Waals surface area (Å²) >= 11 is 0. The van der Waals surface area contributed by atoms with E-state index in [9.17, 15) is 18.8 Å². The molecule has 0 radical (unpaired) electrons. The number of nitrogens with one attached hydrogen (secondary N) is 2. The number of carbonyl (C=O) groups excluding carboxylic acids is 3. The lowest BCUT2D eigenvalue weighted by molar-refractivity contribution is -0.138. The van der Waals surface area contributed by atoms with Crippen LogP contribution in [0.15, 0.2) is 24.4 Å². The lowest BCUT2D eigenvalue weighted by atomic mass is 9.90. The fourth-order valence-electron chi connectivity index (χ4n) is 4.86. The first-order chi connectivity index (χ1) is 17.8. The highest BCUT2D eigenvalue weighted by Crippen LogP contribution is 2.26. The lowest BCUT2D eigenvalue weighted by Crippen LogP contribution is -2.48. The van der Waals surface area contributed by atoms with Crippen LogP contribution in [0.4, 0.5) is 4.39 Å². The fourth-order valence-corrected chi connectivity index (χ4v) is 4.86. The van der Waals surface area contributed by atoms with Gasteiger partial charge in [0.2, 0.25) is 11.8 Å². The average molecular weight is 527 g/mol. The van der Waals surface area contributed by atoms with Crippen molar-refractivity contribution in [1.82, 2.24) is 20.2 Å². The Kier molecular flexibility index (Phi) is 9.85. The van der Waals surface area contributed by atoms with Gasteiger partial charge in [0.25, 0.3) is 0 Å². The molecular weight excluding hydrogens is 483 g/mol. The third-order valence-corrected chi connectivity index (χ3v) is 7.31. The molecular formula is C30H43FN4O3. The normalized spacial score (nSPS) is 17.7. The average Bonchev–Trinajstić information content (AvgIpc) is 3.32. The lowest BCUT2D eigenvalue weighted by Gasteiger charge is -2.34. The van der Waals surface area contributed by atoms with Crippen LogP contribution in [0.3, 0.4) is 0 Å². The Morgan fingerprint density at radius 2 is 1.95 bits per heavy atom. The van der Waals surface area contributed by atoms with Gasteiger partial charge in [-0.3, -0.25) is 14.4 Å². The van der Waals surface area contributed by atoms with Crippen molar-refractivity contribution >= 4 is 17.6 Å². The first-order valence-electron chi connectivity index (χ1n) is 13.8. The van der Waals surface area contributed by atoms with Gasteiger partial charge in [-0.2, -0.15) is 0 Å². The maximum atomic E-state index is 14.4. The van der Waals surface area contributed by atoms with Crippen molar-refractivity contribution < 1.29 is 18.8 Å². The minimum absolute atomic E-state index is 0.0155. The Morgan fingerprint density at radius 3 is 2.61 bits per heavy atom. The van der Waals surface area contributed by atoms with Gasteiger partial charge in [0, 0.05) is 36.9 Å². The Bertz CT molecular complexity index is 1140. The number of H-pyrrole nitrogens is 1. The summed E-state index contributed by atoms with van der Waals surface area (Å²) < 4.78 is 14.4. The van der Waals surface area contributed by atoms with Crippen molar-refractivity contribution in [2.45, 2.75) is 104 Å². The molecule has 1 aliphatic rings. The molecule has 2 N–H and O–H groups in total. The van der Waals surface area contributed by atoms with Crippen molar-refractivity contribution in [1.29, 1.82) is 0 Å². The standard InChI is InChI=1S/C30H43FN4O3/c1-19-10-11-22(23(31)15-19)25-18-32-29(34-25)20(2)16-26(36)24(33-27(37)12-13-30(4,5)6)17-28(38)35-14-8-7-9-21(35)3/h10-11,15,18,20-21,24H,7-9,12-14,16-17H2,1-6H3,(H,32,34)(H,33,37)/t20-,21+,24+/m1/s1. The third-order valence-electron chi connectivity index (χ3n) is 7.31. The zero-order chi connectivity index (χ0) is 28.0. The number of hydrogen-bond donors (Lipinski definition) is 2. The zero-order valence-corrected chi connectivity index (χ0v) is 23.7. The number of aromatic nitrogens is 2. The summed E-state index contributed by atoms with van der Waals surface area (Å²) in [4.78, 5) is 48.7. The third kappa shape index (κ3) is 8.23. The van der Waals surface area contributed by atoms with Crippen LogP contribution in [-0.2, 0) is 14.4 Å². The SMILES string of the molecule is Cc1ccc(-c2cnc([C@H](C)CC(=O)[C@H](CC(=O)N3CCCC[C@@H]3C)NC(=O)CCC(C)(C)C)[nH]2)c(F)c1. The number of benzene rings is 1. The maximum absolute atomic E-state index is 14.4. The van der Waals surface area contributed by atoms with E-state index in [1.165, 1.54) is 6.07 Å². The molecule has 0 spiro atoms. The van der Waals surface area contributed by atoms with Crippen molar-refractivity contribution in [2.75, 3.05) is 6.54 Å². The van der Waals surface area contributed by atoms with Gasteiger partial charge in [0.15, 0.2) is 5.78 Å². The number of ketones is 1. The van der Waals surface area contributed by atoms with Gasteiger partial charge in [-0.25, -0.2) is 9.37 Å². The predicted molar refractivity (Wildman–Crippen MR) is 147 cm³/mol. The maximum Gasteiger partial charge on any atom is 0.225 e. The van der Waals surface area contributed by atoms with Gasteiger partial charge in [0.05, 0.1) is 24.4 Å². The molecule has 1 saturated heterocycles. The number of imidazole rings is 1. The molecule has 208 valence electrons. The van der Waals surface area contributed by atoms with E-state index in [-0.39, 0.29) is 53.6 Å². The molecule has 0 saturated carbocycles. The topological polar surface area (TPSA) is 95.2 Å². The van der Waals surface area contributed by atoms with Crippen molar-refractivity contribution in [3.8, 4) is 11.3 Å². The van der Waals surface area contributed by atoms with Gasteiger partial charge in [-0.1, -0.05) is 33.8 Å². The zero-order valence-electron chi connectivity index (χ0n) is 23.7. The fraction of sp³-hybridized carbons (Fsp3) is 0.600. The van der Waals surface area contributed by atoms with E-state index in [1.54, 1.807) is 12.3 Å². The number of halogens is 1. The summed E-state index contributed by atoms with van der Waals surface area (Å²) in [5.41, 5.74) is 1.77. The Labute approximate surface area is 226 Å². The van der Waals surface area contributed by atoms with Gasteiger partial charge < -0.3 is 15.2 Å². The van der Waals surface area contributed by atoms with Crippen LogP contribution < -0.4 is 5.32 Å². The van der Waals surface area contributed by atoms with E-state index in [0.29, 0.717) is 36.5 Å². The van der Waals surface area contributed by atoms with Gasteiger partial charge in [-0.05, 0) is 62.6 Å². The van der Waals surface area contributed by atoms with Crippen LogP contribution in [0.2, 0.25) is 0 Å². The Hall–Kier alpha value is -3.03. The monoisotopic (exact) mass is 526 g/mol. The molecule has 0 bridgehead atoms. The highest BCUT2D eigenvalue weighted by molar-refractivity contribution is 5.93. The number of nitrogens with zero attached hydrogens (tertiary/aromatic N) is 2. The Balaban J connectivity index is 1.71. The highest BCUT2D eigenvalue weighted by atomic mass is 19.1. The molecule has 2 heterocycles. The molecule has 38 heavy (non-hydrogen) atoms. The summed E-state index contributed by atoms with van der Waals surface area (Å²) in [6.07, 6.45) is 5.57. The first kappa shape index (κ1) is 29.5. The molecule has 3 rings (SSSR count). The second-order valence-corrected chi connectivity index (χ2v) is 12.1. The van der Waals surface area contributed by atoms with E-state index in [2.05, 4.69) is 36.1 Å². The number of rotatable bonds is 10. The molecule has 1 aliphatic heterocycles. The van der Waals surface area contributed by atoms with Crippen molar-refractivity contribution in [3.05, 3.63) is 41.6 Å². The number of Topliss-reactive ketones (excluding diaryl/α,β-unsaturated/α-hetero) is 1. The highest BCUT2D eigenvalue weighted by Gasteiger charge is 2.31. The number of hydrogen-bond acceptors (Lipinski definition) is 4. The molecule has 7 nitrogen and oxygen atoms in total. The number of carbonyl (C=O) groups is 3. The number of piperidine rings is 1. The van der Waals surface area contributed by atoms with Crippen molar-refractivity contribution in [2.24, 2.45) is 5.41 Å². The predicted octanol–water partition coefficient (Wildman–Crippen LogP) is 5.69. The second kappa shape index (κ2) is 12.7. The molecule has 1 aromatic heterocycles. The van der Waals surface area contributed by atoms with Gasteiger partial charge in [-0.15, -0.1) is 0 Å². The Morgan fingerprint density at radius 1 is 1.21 bits per heavy atom. The second-order valence-electron chi connectivity index (χ2n) is 12.1. The summed E-state index contributed by atoms with van der Waals surface area (Å²) in [6, 6.07) is 4.24. The smallest absolute Gasteiger partial charge is 0.225 e. The molecule has 3 atom stereocenters. The minimum Gasteiger partial charge on any atom is -0.346 e. The van der Waals surface area contributed by atoms with Crippen LogP contribution >= 0.6 is 0 Å². The largest absolute Gasteiger partial charge is 0.346 e. The molecule has 0 unspecified atom stereocenters.